The van der Waals surface area contributed by atoms with Crippen molar-refractivity contribution in [3.8, 4) is 56.0 Å². The molecule has 0 N–H and O–H groups in total. The van der Waals surface area contributed by atoms with Gasteiger partial charge in [0.1, 0.15) is 11.5 Å². The number of hydrogen-bond acceptors (Lipinski definition) is 1. The summed E-state index contributed by atoms with van der Waals surface area (Å²) in [4.78, 5) is 0. The minimum atomic E-state index is -0.599. The monoisotopic (exact) mass is 710 g/mol. The zero-order valence-corrected chi connectivity index (χ0v) is 30.5. The smallest absolute Gasteiger partial charge is 0.135 e. The molecule has 0 unspecified atom stereocenters. The summed E-state index contributed by atoms with van der Waals surface area (Å²) in [6, 6.07) is 76.0. The van der Waals surface area contributed by atoms with Crippen LogP contribution in [0.15, 0.2) is 206 Å². The number of hydrogen-bond donors (Lipinski definition) is 0. The van der Waals surface area contributed by atoms with E-state index in [0.717, 1.165) is 22.4 Å². The van der Waals surface area contributed by atoms with Crippen molar-refractivity contribution < 1.29 is 4.74 Å². The molecule has 0 fully saturated rings. The van der Waals surface area contributed by atoms with Crippen LogP contribution < -0.4 is 4.74 Å². The average molecular weight is 711 g/mol. The van der Waals surface area contributed by atoms with Crippen LogP contribution in [-0.4, -0.2) is 0 Å². The first-order valence-electron chi connectivity index (χ1n) is 19.4. The predicted molar refractivity (Wildman–Crippen MR) is 233 cm³/mol. The lowest BCUT2D eigenvalue weighted by Gasteiger charge is -2.35. The molecule has 0 spiro atoms. The van der Waals surface area contributed by atoms with E-state index >= 15 is 0 Å². The molecule has 2 aliphatic rings. The molecule has 1 nitrogen and oxygen atoms in total. The maximum absolute atomic E-state index is 6.53. The maximum Gasteiger partial charge on any atom is 0.135 e. The van der Waals surface area contributed by atoms with Crippen molar-refractivity contribution >= 4 is 32.3 Å². The van der Waals surface area contributed by atoms with Crippen LogP contribution in [0.4, 0.5) is 0 Å². The molecular formula is C55H34O. The third kappa shape index (κ3) is 4.26. The van der Waals surface area contributed by atoms with Gasteiger partial charge in [-0.1, -0.05) is 182 Å². The molecule has 0 saturated heterocycles. The van der Waals surface area contributed by atoms with Gasteiger partial charge in [-0.05, 0) is 112 Å². The third-order valence-corrected chi connectivity index (χ3v) is 12.3. The van der Waals surface area contributed by atoms with Crippen molar-refractivity contribution in [1.29, 1.82) is 0 Å². The topological polar surface area (TPSA) is 9.23 Å². The van der Waals surface area contributed by atoms with E-state index < -0.39 is 5.41 Å². The van der Waals surface area contributed by atoms with Gasteiger partial charge in [-0.3, -0.25) is 0 Å². The molecule has 0 atom stereocenters. The second-order valence-electron chi connectivity index (χ2n) is 15.1. The van der Waals surface area contributed by atoms with Gasteiger partial charge in [0, 0.05) is 10.9 Å². The summed E-state index contributed by atoms with van der Waals surface area (Å²) >= 11 is 0. The Balaban J connectivity index is 1.22. The van der Waals surface area contributed by atoms with Crippen LogP contribution >= 0.6 is 0 Å². The minimum Gasteiger partial charge on any atom is -0.456 e. The summed E-state index contributed by atoms with van der Waals surface area (Å²) in [5.74, 6) is 1.81. The van der Waals surface area contributed by atoms with Crippen LogP contribution in [0.1, 0.15) is 22.3 Å². The summed E-state index contributed by atoms with van der Waals surface area (Å²) in [6.45, 7) is 0. The van der Waals surface area contributed by atoms with E-state index in [1.54, 1.807) is 0 Å². The highest BCUT2D eigenvalue weighted by atomic mass is 16.5. The third-order valence-electron chi connectivity index (χ3n) is 12.3. The number of benzene rings is 10. The molecule has 260 valence electrons. The van der Waals surface area contributed by atoms with Gasteiger partial charge in [-0.25, -0.2) is 0 Å². The number of para-hydroxylation sites is 1. The fourth-order valence-corrected chi connectivity index (χ4v) is 10.0. The Hall–Kier alpha value is -7.22. The molecule has 1 heterocycles. The lowest BCUT2D eigenvalue weighted by Crippen LogP contribution is -2.29. The van der Waals surface area contributed by atoms with Gasteiger partial charge in [-0.2, -0.15) is 0 Å². The molecule has 10 aromatic carbocycles. The average Bonchev–Trinajstić information content (AvgIpc) is 3.58. The lowest BCUT2D eigenvalue weighted by atomic mass is 9.66. The number of fused-ring (bicyclic) bond motifs is 8. The summed E-state index contributed by atoms with van der Waals surface area (Å²) in [6.07, 6.45) is 0. The van der Waals surface area contributed by atoms with Crippen molar-refractivity contribution in [2.24, 2.45) is 0 Å². The second-order valence-corrected chi connectivity index (χ2v) is 15.1. The Bertz CT molecular complexity index is 3170. The Morgan fingerprint density at radius 2 is 0.946 bits per heavy atom. The van der Waals surface area contributed by atoms with Gasteiger partial charge in [0.25, 0.3) is 0 Å². The predicted octanol–water partition coefficient (Wildman–Crippen LogP) is 14.6. The van der Waals surface area contributed by atoms with Crippen molar-refractivity contribution in [1.82, 2.24) is 0 Å². The van der Waals surface area contributed by atoms with Gasteiger partial charge >= 0.3 is 0 Å². The molecule has 1 aliphatic carbocycles. The maximum atomic E-state index is 6.53. The number of rotatable bonds is 4. The van der Waals surface area contributed by atoms with Crippen LogP contribution in [0, 0.1) is 0 Å². The fourth-order valence-electron chi connectivity index (χ4n) is 10.0. The van der Waals surface area contributed by atoms with E-state index in [2.05, 4.69) is 200 Å². The Morgan fingerprint density at radius 3 is 1.77 bits per heavy atom. The summed E-state index contributed by atoms with van der Waals surface area (Å²) < 4.78 is 6.53. The van der Waals surface area contributed by atoms with Gasteiger partial charge < -0.3 is 4.74 Å². The molecule has 0 aromatic heterocycles. The molecule has 56 heavy (non-hydrogen) atoms. The Morgan fingerprint density at radius 1 is 0.339 bits per heavy atom. The molecule has 0 saturated carbocycles. The highest BCUT2D eigenvalue weighted by Crippen LogP contribution is 2.61. The molecule has 10 aromatic rings. The van der Waals surface area contributed by atoms with E-state index in [0.29, 0.717) is 0 Å². The first-order valence-corrected chi connectivity index (χ1v) is 19.4. The van der Waals surface area contributed by atoms with Crippen molar-refractivity contribution in [2.45, 2.75) is 5.41 Å². The Kier molecular flexibility index (Phi) is 6.62. The van der Waals surface area contributed by atoms with Gasteiger partial charge in [0.15, 0.2) is 0 Å². The van der Waals surface area contributed by atoms with Crippen LogP contribution in [0.25, 0.3) is 76.8 Å². The highest BCUT2D eigenvalue weighted by molar-refractivity contribution is 6.13. The van der Waals surface area contributed by atoms with Gasteiger partial charge in [0.05, 0.1) is 5.41 Å². The van der Waals surface area contributed by atoms with Crippen LogP contribution in [0.5, 0.6) is 11.5 Å². The van der Waals surface area contributed by atoms with Crippen LogP contribution in [0.3, 0.4) is 0 Å². The highest BCUT2D eigenvalue weighted by Gasteiger charge is 2.48. The standard InChI is InChI=1S/C55H34O/c1-3-18-38(19-4-1)55(39-20-5-2-6-21-39)49-34-37(41-31-32-51-52-45(41)26-14-27-46(52)44-24-11-12-28-50(44)56-51)29-30-47(49)53-48(33-36-16-8-10-23-42(36)54(53)55)43-25-13-17-35-15-7-9-22-40(35)43/h1-34H. The lowest BCUT2D eigenvalue weighted by molar-refractivity contribution is 0.487. The van der Waals surface area contributed by atoms with Gasteiger partial charge in [0.2, 0.25) is 0 Å². The van der Waals surface area contributed by atoms with E-state index in [1.807, 2.05) is 6.07 Å². The van der Waals surface area contributed by atoms with Crippen molar-refractivity contribution in [3.63, 3.8) is 0 Å². The van der Waals surface area contributed by atoms with E-state index in [-0.39, 0.29) is 0 Å². The van der Waals surface area contributed by atoms with E-state index in [9.17, 15) is 0 Å². The quantitative estimate of drug-likeness (QED) is 0.177. The molecule has 0 amide bonds. The van der Waals surface area contributed by atoms with Crippen LogP contribution in [0.2, 0.25) is 0 Å². The first kappa shape index (κ1) is 31.2. The zero-order chi connectivity index (χ0) is 36.8. The van der Waals surface area contributed by atoms with E-state index in [1.165, 1.54) is 88.1 Å². The fraction of sp³-hybridized carbons (Fsp3) is 0.0182. The van der Waals surface area contributed by atoms with Crippen molar-refractivity contribution in [3.05, 3.63) is 229 Å². The van der Waals surface area contributed by atoms with Crippen LogP contribution in [-0.2, 0) is 5.41 Å². The molecule has 0 radical (unpaired) electrons. The molecule has 12 rings (SSSR count). The summed E-state index contributed by atoms with van der Waals surface area (Å²) in [7, 11) is 0. The largest absolute Gasteiger partial charge is 0.456 e. The SMILES string of the molecule is c1ccc(C2(c3ccccc3)c3cc(-c4ccc5c6c(cccc46)-c4ccccc4O5)ccc3-c3c(-c4cccc5ccccc45)cc4ccccc4c32)cc1. The second kappa shape index (κ2) is 11.9. The first-order chi connectivity index (χ1) is 27.8. The molecular weight excluding hydrogens is 677 g/mol. The van der Waals surface area contributed by atoms with Gasteiger partial charge in [-0.15, -0.1) is 0 Å². The molecule has 1 aliphatic heterocycles. The summed E-state index contributed by atoms with van der Waals surface area (Å²) in [5, 5.41) is 7.37. The summed E-state index contributed by atoms with van der Waals surface area (Å²) in [5.41, 5.74) is 14.3. The Labute approximate surface area is 325 Å². The minimum absolute atomic E-state index is 0.599. The molecule has 1 heteroatoms. The van der Waals surface area contributed by atoms with Crippen molar-refractivity contribution in [2.75, 3.05) is 0 Å². The normalized spacial score (nSPS) is 13.3. The van der Waals surface area contributed by atoms with E-state index in [4.69, 9.17) is 4.74 Å². The zero-order valence-electron chi connectivity index (χ0n) is 30.5. The number of ether oxygens (including phenoxy) is 1. The molecule has 0 bridgehead atoms.